The van der Waals surface area contributed by atoms with Crippen LogP contribution in [0.1, 0.15) is 10.4 Å². The zero-order valence-electron chi connectivity index (χ0n) is 9.75. The molecule has 20 heavy (non-hydrogen) atoms. The molecule has 0 aliphatic rings. The Morgan fingerprint density at radius 1 is 1.05 bits per heavy atom. The Hall–Kier alpha value is -0.940. The van der Waals surface area contributed by atoms with Crippen LogP contribution >= 0.6 is 50.7 Å². The molecule has 104 valence electrons. The summed E-state index contributed by atoms with van der Waals surface area (Å²) in [4.78, 5) is 12.1. The Bertz CT molecular complexity index is 668. The Labute approximate surface area is 138 Å². The van der Waals surface area contributed by atoms with Crippen LogP contribution in [0.3, 0.4) is 0 Å². The molecule has 0 fully saturated rings. The molecule has 0 radical (unpaired) electrons. The van der Waals surface area contributed by atoms with Crippen molar-refractivity contribution in [1.29, 1.82) is 0 Å². The minimum absolute atomic E-state index is 0.0625. The molecule has 0 aliphatic heterocycles. The normalized spacial score (nSPS) is 10.4. The maximum absolute atomic E-state index is 12.1. The number of amides is 1. The standard InChI is InChI=1S/C13H7BrCl3NO2/c14-6-3-10(16)12(11(17)4-6)18-13(20)8-5-7(19)1-2-9(8)15/h1-5,19H,(H,18,20). The summed E-state index contributed by atoms with van der Waals surface area (Å²) in [5, 5.41) is 12.8. The molecule has 0 atom stereocenters. The van der Waals surface area contributed by atoms with E-state index in [0.29, 0.717) is 4.47 Å². The van der Waals surface area contributed by atoms with Crippen LogP contribution < -0.4 is 5.32 Å². The minimum atomic E-state index is -0.517. The Morgan fingerprint density at radius 3 is 2.25 bits per heavy atom. The van der Waals surface area contributed by atoms with E-state index in [0.717, 1.165) is 0 Å². The number of aromatic hydroxyl groups is 1. The van der Waals surface area contributed by atoms with Crippen molar-refractivity contribution in [3.8, 4) is 5.75 Å². The minimum Gasteiger partial charge on any atom is -0.508 e. The molecule has 0 heterocycles. The molecule has 0 bridgehead atoms. The topological polar surface area (TPSA) is 49.3 Å². The quantitative estimate of drug-likeness (QED) is 0.718. The molecule has 2 rings (SSSR count). The van der Waals surface area contributed by atoms with Gasteiger partial charge in [0.15, 0.2) is 0 Å². The van der Waals surface area contributed by atoms with E-state index < -0.39 is 5.91 Å². The Kier molecular flexibility index (Phi) is 4.81. The van der Waals surface area contributed by atoms with Gasteiger partial charge in [-0.15, -0.1) is 0 Å². The van der Waals surface area contributed by atoms with Gasteiger partial charge in [-0.3, -0.25) is 4.79 Å². The van der Waals surface area contributed by atoms with Gasteiger partial charge in [-0.25, -0.2) is 0 Å². The van der Waals surface area contributed by atoms with Gasteiger partial charge in [0.1, 0.15) is 5.75 Å². The number of anilines is 1. The Morgan fingerprint density at radius 2 is 1.65 bits per heavy atom. The predicted molar refractivity (Wildman–Crippen MR) is 85.2 cm³/mol. The van der Waals surface area contributed by atoms with Gasteiger partial charge in [0.05, 0.1) is 26.3 Å². The molecule has 0 aromatic heterocycles. The smallest absolute Gasteiger partial charge is 0.257 e. The summed E-state index contributed by atoms with van der Waals surface area (Å²) in [5.74, 6) is -0.579. The third-order valence-corrected chi connectivity index (χ3v) is 3.82. The number of hydrogen-bond acceptors (Lipinski definition) is 2. The highest BCUT2D eigenvalue weighted by Gasteiger charge is 2.15. The molecule has 0 saturated heterocycles. The fourth-order valence-corrected chi connectivity index (χ4v) is 3.04. The zero-order valence-corrected chi connectivity index (χ0v) is 13.6. The van der Waals surface area contributed by atoms with Gasteiger partial charge < -0.3 is 10.4 Å². The van der Waals surface area contributed by atoms with Crippen LogP contribution in [0.5, 0.6) is 5.75 Å². The van der Waals surface area contributed by atoms with E-state index in [4.69, 9.17) is 34.8 Å². The van der Waals surface area contributed by atoms with Crippen molar-refractivity contribution in [2.24, 2.45) is 0 Å². The van der Waals surface area contributed by atoms with Crippen LogP contribution in [0.2, 0.25) is 15.1 Å². The number of phenolic OH excluding ortho intramolecular Hbond substituents is 1. The van der Waals surface area contributed by atoms with Gasteiger partial charge in [-0.05, 0) is 30.3 Å². The van der Waals surface area contributed by atoms with Gasteiger partial charge in [-0.1, -0.05) is 50.7 Å². The second-order valence-corrected chi connectivity index (χ2v) is 6.00. The average Bonchev–Trinajstić information content (AvgIpc) is 2.36. The van der Waals surface area contributed by atoms with Crippen LogP contribution in [0.4, 0.5) is 5.69 Å². The summed E-state index contributed by atoms with van der Waals surface area (Å²) in [6.07, 6.45) is 0. The zero-order chi connectivity index (χ0) is 14.9. The number of benzene rings is 2. The first-order valence-electron chi connectivity index (χ1n) is 5.33. The maximum atomic E-state index is 12.1. The number of phenols is 1. The summed E-state index contributed by atoms with van der Waals surface area (Å²) < 4.78 is 0.695. The molecule has 7 heteroatoms. The van der Waals surface area contributed by atoms with E-state index in [9.17, 15) is 9.90 Å². The number of nitrogens with one attached hydrogen (secondary N) is 1. The molecule has 2 aromatic carbocycles. The molecular formula is C13H7BrCl3NO2. The van der Waals surface area contributed by atoms with Crippen molar-refractivity contribution in [2.45, 2.75) is 0 Å². The highest BCUT2D eigenvalue weighted by atomic mass is 79.9. The highest BCUT2D eigenvalue weighted by Crippen LogP contribution is 2.34. The number of carbonyl (C=O) groups is 1. The van der Waals surface area contributed by atoms with E-state index in [1.807, 2.05) is 0 Å². The van der Waals surface area contributed by atoms with E-state index in [1.54, 1.807) is 12.1 Å². The van der Waals surface area contributed by atoms with E-state index in [2.05, 4.69) is 21.2 Å². The summed E-state index contributed by atoms with van der Waals surface area (Å²) in [6.45, 7) is 0. The fraction of sp³-hybridized carbons (Fsp3) is 0. The largest absolute Gasteiger partial charge is 0.508 e. The molecule has 0 aliphatic carbocycles. The fourth-order valence-electron chi connectivity index (χ4n) is 1.53. The monoisotopic (exact) mass is 393 g/mol. The second-order valence-electron chi connectivity index (χ2n) is 3.86. The molecule has 2 N–H and O–H groups in total. The molecule has 2 aromatic rings. The summed E-state index contributed by atoms with van der Waals surface area (Å²) >= 11 is 21.2. The molecule has 0 spiro atoms. The van der Waals surface area contributed by atoms with Crippen LogP contribution in [-0.2, 0) is 0 Å². The molecule has 0 saturated carbocycles. The lowest BCUT2D eigenvalue weighted by atomic mass is 10.2. The van der Waals surface area contributed by atoms with Crippen LogP contribution in [0.25, 0.3) is 0 Å². The molecular weight excluding hydrogens is 388 g/mol. The third-order valence-electron chi connectivity index (χ3n) is 2.44. The number of halogens is 4. The third kappa shape index (κ3) is 3.38. The SMILES string of the molecule is O=C(Nc1c(Cl)cc(Br)cc1Cl)c1cc(O)ccc1Cl. The van der Waals surface area contributed by atoms with Crippen molar-refractivity contribution < 1.29 is 9.90 Å². The molecule has 0 unspecified atom stereocenters. The second kappa shape index (κ2) is 6.22. The van der Waals surface area contributed by atoms with Crippen LogP contribution in [0.15, 0.2) is 34.8 Å². The van der Waals surface area contributed by atoms with Gasteiger partial charge in [0.25, 0.3) is 5.91 Å². The number of hydrogen-bond donors (Lipinski definition) is 2. The maximum Gasteiger partial charge on any atom is 0.257 e. The van der Waals surface area contributed by atoms with Crippen LogP contribution in [-0.4, -0.2) is 11.0 Å². The first-order chi connectivity index (χ1) is 9.38. The van der Waals surface area contributed by atoms with Crippen molar-refractivity contribution in [3.05, 3.63) is 55.4 Å². The van der Waals surface area contributed by atoms with Crippen molar-refractivity contribution in [2.75, 3.05) is 5.32 Å². The van der Waals surface area contributed by atoms with Gasteiger partial charge in [0, 0.05) is 4.47 Å². The lowest BCUT2D eigenvalue weighted by Crippen LogP contribution is -2.13. The predicted octanol–water partition coefficient (Wildman–Crippen LogP) is 5.37. The lowest BCUT2D eigenvalue weighted by Gasteiger charge is -2.11. The summed E-state index contributed by atoms with van der Waals surface area (Å²) in [7, 11) is 0. The Balaban J connectivity index is 2.35. The van der Waals surface area contributed by atoms with Crippen molar-refractivity contribution >= 4 is 62.3 Å². The average molecular weight is 395 g/mol. The lowest BCUT2D eigenvalue weighted by molar-refractivity contribution is 0.102. The van der Waals surface area contributed by atoms with E-state index in [1.165, 1.54) is 18.2 Å². The van der Waals surface area contributed by atoms with E-state index in [-0.39, 0.29) is 32.1 Å². The van der Waals surface area contributed by atoms with Crippen LogP contribution in [0, 0.1) is 0 Å². The molecule has 1 amide bonds. The van der Waals surface area contributed by atoms with Crippen molar-refractivity contribution in [1.82, 2.24) is 0 Å². The van der Waals surface area contributed by atoms with Gasteiger partial charge in [0.2, 0.25) is 0 Å². The van der Waals surface area contributed by atoms with Gasteiger partial charge in [-0.2, -0.15) is 0 Å². The number of carbonyl (C=O) groups excluding carboxylic acids is 1. The van der Waals surface area contributed by atoms with Gasteiger partial charge >= 0.3 is 0 Å². The highest BCUT2D eigenvalue weighted by molar-refractivity contribution is 9.10. The number of rotatable bonds is 2. The summed E-state index contributed by atoms with van der Waals surface area (Å²) in [5.41, 5.74) is 0.405. The summed E-state index contributed by atoms with van der Waals surface area (Å²) in [6, 6.07) is 7.29. The first-order valence-corrected chi connectivity index (χ1v) is 7.25. The van der Waals surface area contributed by atoms with E-state index >= 15 is 0 Å². The van der Waals surface area contributed by atoms with Crippen molar-refractivity contribution in [3.63, 3.8) is 0 Å². The molecule has 3 nitrogen and oxygen atoms in total. The first kappa shape index (κ1) is 15.4.